The summed E-state index contributed by atoms with van der Waals surface area (Å²) < 4.78 is 16.6. The van der Waals surface area contributed by atoms with Crippen molar-refractivity contribution < 1.29 is 14.2 Å². The first kappa shape index (κ1) is 16.7. The third-order valence-corrected chi connectivity index (χ3v) is 4.71. The lowest BCUT2D eigenvalue weighted by Crippen LogP contribution is -2.31. The van der Waals surface area contributed by atoms with Gasteiger partial charge in [0, 0.05) is 12.1 Å². The van der Waals surface area contributed by atoms with E-state index in [1.165, 1.54) is 22.3 Å². The summed E-state index contributed by atoms with van der Waals surface area (Å²) in [6.07, 6.45) is 1.98. The van der Waals surface area contributed by atoms with Crippen molar-refractivity contribution in [1.82, 2.24) is 5.32 Å². The van der Waals surface area contributed by atoms with Gasteiger partial charge in [0.05, 0.1) is 27.4 Å². The van der Waals surface area contributed by atoms with Crippen molar-refractivity contribution in [2.45, 2.75) is 25.8 Å². The van der Waals surface area contributed by atoms with Gasteiger partial charge >= 0.3 is 0 Å². The molecule has 1 aliphatic heterocycles. The molecule has 128 valence electrons. The zero-order chi connectivity index (χ0) is 17.1. The molecule has 0 aromatic heterocycles. The van der Waals surface area contributed by atoms with Gasteiger partial charge in [0.2, 0.25) is 0 Å². The number of benzene rings is 2. The molecule has 1 aliphatic rings. The minimum absolute atomic E-state index is 0.0926. The van der Waals surface area contributed by atoms with Crippen LogP contribution in [-0.2, 0) is 12.8 Å². The Kier molecular flexibility index (Phi) is 4.95. The summed E-state index contributed by atoms with van der Waals surface area (Å²) in [6.45, 7) is 3.09. The maximum Gasteiger partial charge on any atom is 0.161 e. The van der Waals surface area contributed by atoms with Crippen LogP contribution < -0.4 is 19.5 Å². The van der Waals surface area contributed by atoms with Gasteiger partial charge in [-0.15, -0.1) is 0 Å². The molecule has 2 aromatic rings. The van der Waals surface area contributed by atoms with Crippen molar-refractivity contribution in [3.8, 4) is 17.2 Å². The van der Waals surface area contributed by atoms with Crippen LogP contribution in [0.2, 0.25) is 0 Å². The Hall–Kier alpha value is -2.20. The van der Waals surface area contributed by atoms with E-state index in [-0.39, 0.29) is 6.04 Å². The molecule has 2 aromatic carbocycles. The highest BCUT2D eigenvalue weighted by Gasteiger charge is 2.26. The van der Waals surface area contributed by atoms with Crippen LogP contribution in [0.4, 0.5) is 0 Å². The molecule has 1 N–H and O–H groups in total. The summed E-state index contributed by atoms with van der Waals surface area (Å²) >= 11 is 0. The number of hydrogen-bond donors (Lipinski definition) is 1. The fourth-order valence-electron chi connectivity index (χ4n) is 3.39. The van der Waals surface area contributed by atoms with Crippen LogP contribution in [0.1, 0.15) is 35.2 Å². The molecule has 0 radical (unpaired) electrons. The van der Waals surface area contributed by atoms with Gasteiger partial charge < -0.3 is 19.5 Å². The molecule has 4 heteroatoms. The SMILES string of the molecule is CCc1ccc(OC)c(C2NCCc3cc(OC)c(OC)cc32)c1. The molecular weight excluding hydrogens is 302 g/mol. The maximum absolute atomic E-state index is 5.62. The van der Waals surface area contributed by atoms with Gasteiger partial charge in [-0.2, -0.15) is 0 Å². The van der Waals surface area contributed by atoms with Gasteiger partial charge in [0.15, 0.2) is 11.5 Å². The molecule has 1 atom stereocenters. The van der Waals surface area contributed by atoms with Crippen LogP contribution in [0, 0.1) is 0 Å². The third kappa shape index (κ3) is 2.94. The molecule has 0 aliphatic carbocycles. The molecule has 0 bridgehead atoms. The van der Waals surface area contributed by atoms with Crippen molar-refractivity contribution in [3.63, 3.8) is 0 Å². The highest BCUT2D eigenvalue weighted by molar-refractivity contribution is 5.53. The van der Waals surface area contributed by atoms with Crippen LogP contribution in [0.5, 0.6) is 17.2 Å². The summed E-state index contributed by atoms with van der Waals surface area (Å²) in [4.78, 5) is 0. The molecule has 4 nitrogen and oxygen atoms in total. The second-order valence-electron chi connectivity index (χ2n) is 5.97. The normalized spacial score (nSPS) is 16.4. The van der Waals surface area contributed by atoms with Crippen LogP contribution in [-0.4, -0.2) is 27.9 Å². The highest BCUT2D eigenvalue weighted by Crippen LogP contribution is 2.39. The zero-order valence-corrected chi connectivity index (χ0v) is 14.8. The molecule has 1 unspecified atom stereocenters. The van der Waals surface area contributed by atoms with Crippen molar-refractivity contribution in [2.24, 2.45) is 0 Å². The molecule has 0 amide bonds. The number of rotatable bonds is 5. The number of hydrogen-bond acceptors (Lipinski definition) is 4. The molecule has 0 spiro atoms. The summed E-state index contributed by atoms with van der Waals surface area (Å²) in [5.41, 5.74) is 5.00. The average molecular weight is 327 g/mol. The first-order valence-electron chi connectivity index (χ1n) is 8.36. The molecule has 0 saturated heterocycles. The number of nitrogens with one attached hydrogen (secondary N) is 1. The second-order valence-corrected chi connectivity index (χ2v) is 5.97. The second kappa shape index (κ2) is 7.14. The van der Waals surface area contributed by atoms with E-state index >= 15 is 0 Å². The number of fused-ring (bicyclic) bond motifs is 1. The van der Waals surface area contributed by atoms with E-state index in [9.17, 15) is 0 Å². The van der Waals surface area contributed by atoms with Crippen molar-refractivity contribution in [3.05, 3.63) is 52.6 Å². The topological polar surface area (TPSA) is 39.7 Å². The third-order valence-electron chi connectivity index (χ3n) is 4.71. The Bertz CT molecular complexity index is 727. The summed E-state index contributed by atoms with van der Waals surface area (Å²) in [5.74, 6) is 2.45. The van der Waals surface area contributed by atoms with Gasteiger partial charge in [-0.25, -0.2) is 0 Å². The van der Waals surface area contributed by atoms with E-state index < -0.39 is 0 Å². The molecule has 24 heavy (non-hydrogen) atoms. The first-order valence-corrected chi connectivity index (χ1v) is 8.36. The van der Waals surface area contributed by atoms with Crippen LogP contribution >= 0.6 is 0 Å². The largest absolute Gasteiger partial charge is 0.496 e. The Morgan fingerprint density at radius 2 is 1.62 bits per heavy atom. The highest BCUT2D eigenvalue weighted by atomic mass is 16.5. The first-order chi connectivity index (χ1) is 11.7. The molecule has 3 rings (SSSR count). The summed E-state index contributed by atoms with van der Waals surface area (Å²) in [5, 5.41) is 3.63. The van der Waals surface area contributed by atoms with E-state index in [1.807, 2.05) is 0 Å². The lowest BCUT2D eigenvalue weighted by Gasteiger charge is -2.29. The van der Waals surface area contributed by atoms with Gasteiger partial charge in [-0.1, -0.05) is 19.1 Å². The van der Waals surface area contributed by atoms with Crippen LogP contribution in [0.15, 0.2) is 30.3 Å². The average Bonchev–Trinajstić information content (AvgIpc) is 2.65. The fraction of sp³-hybridized carbons (Fsp3) is 0.400. The monoisotopic (exact) mass is 327 g/mol. The van der Waals surface area contributed by atoms with Crippen molar-refractivity contribution in [2.75, 3.05) is 27.9 Å². The number of methoxy groups -OCH3 is 3. The van der Waals surface area contributed by atoms with Crippen molar-refractivity contribution >= 4 is 0 Å². The minimum Gasteiger partial charge on any atom is -0.496 e. The predicted molar refractivity (Wildman–Crippen MR) is 95.5 cm³/mol. The molecule has 1 heterocycles. The fourth-order valence-corrected chi connectivity index (χ4v) is 3.39. The zero-order valence-electron chi connectivity index (χ0n) is 14.8. The van der Waals surface area contributed by atoms with E-state index in [0.717, 1.165) is 36.6 Å². The van der Waals surface area contributed by atoms with E-state index in [1.54, 1.807) is 21.3 Å². The molecule has 0 fully saturated rings. The maximum atomic E-state index is 5.62. The Balaban J connectivity index is 2.13. The van der Waals surface area contributed by atoms with Gasteiger partial charge in [0.25, 0.3) is 0 Å². The minimum atomic E-state index is 0.0926. The molecular formula is C20H25NO3. The van der Waals surface area contributed by atoms with Crippen molar-refractivity contribution in [1.29, 1.82) is 0 Å². The van der Waals surface area contributed by atoms with Gasteiger partial charge in [-0.3, -0.25) is 0 Å². The summed E-state index contributed by atoms with van der Waals surface area (Å²) in [6, 6.07) is 10.7. The standard InChI is InChI=1S/C20H25NO3/c1-5-13-6-7-17(22-2)16(10-13)20-15-12-19(24-4)18(23-3)11-14(15)8-9-21-20/h6-7,10-12,20-21H,5,8-9H2,1-4H3. The van der Waals surface area contributed by atoms with Crippen LogP contribution in [0.3, 0.4) is 0 Å². The van der Waals surface area contributed by atoms with Gasteiger partial charge in [-0.05, 0) is 47.7 Å². The van der Waals surface area contributed by atoms with Gasteiger partial charge in [0.1, 0.15) is 5.75 Å². The van der Waals surface area contributed by atoms with E-state index in [0.29, 0.717) is 0 Å². The number of aryl methyl sites for hydroxylation is 1. The Labute approximate surface area is 143 Å². The van der Waals surface area contributed by atoms with Crippen LogP contribution in [0.25, 0.3) is 0 Å². The predicted octanol–water partition coefficient (Wildman–Crippen LogP) is 3.51. The quantitative estimate of drug-likeness (QED) is 0.912. The molecule has 0 saturated carbocycles. The summed E-state index contributed by atoms with van der Waals surface area (Å²) in [7, 11) is 5.08. The smallest absolute Gasteiger partial charge is 0.161 e. The lowest BCUT2D eigenvalue weighted by molar-refractivity contribution is 0.352. The van der Waals surface area contributed by atoms with E-state index in [4.69, 9.17) is 14.2 Å². The number of ether oxygens (including phenoxy) is 3. The van der Waals surface area contributed by atoms with E-state index in [2.05, 4.69) is 42.6 Å². The lowest BCUT2D eigenvalue weighted by atomic mass is 9.88. The Morgan fingerprint density at radius 3 is 2.29 bits per heavy atom. The Morgan fingerprint density at radius 1 is 0.917 bits per heavy atom.